The van der Waals surface area contributed by atoms with Crippen molar-refractivity contribution in [2.75, 3.05) is 6.61 Å². The molecule has 0 aliphatic carbocycles. The summed E-state index contributed by atoms with van der Waals surface area (Å²) in [7, 11) is 0. The van der Waals surface area contributed by atoms with E-state index in [2.05, 4.69) is 10.3 Å². The van der Waals surface area contributed by atoms with Crippen molar-refractivity contribution in [3.8, 4) is 0 Å². The zero-order valence-electron chi connectivity index (χ0n) is 14.0. The molecular weight excluding hydrogens is 316 g/mol. The summed E-state index contributed by atoms with van der Waals surface area (Å²) < 4.78 is 5.10. The summed E-state index contributed by atoms with van der Waals surface area (Å²) in [4.78, 5) is 27.1. The Bertz CT molecular complexity index is 871. The lowest BCUT2D eigenvalue weighted by atomic mass is 10.1. The van der Waals surface area contributed by atoms with Gasteiger partial charge in [-0.15, -0.1) is 0 Å². The number of para-hydroxylation sites is 1. The van der Waals surface area contributed by atoms with Crippen LogP contribution in [0, 0.1) is 0 Å². The van der Waals surface area contributed by atoms with Crippen LogP contribution >= 0.6 is 0 Å². The number of benzene rings is 2. The maximum atomic E-state index is 12.0. The number of aromatic amines is 1. The number of aromatic nitrogens is 1. The van der Waals surface area contributed by atoms with Crippen LogP contribution in [0.3, 0.4) is 0 Å². The quantitative estimate of drug-likeness (QED) is 0.679. The number of hydrogen-bond donors (Lipinski definition) is 2. The van der Waals surface area contributed by atoms with Crippen molar-refractivity contribution in [1.82, 2.24) is 10.3 Å². The minimum absolute atomic E-state index is 0.130. The lowest BCUT2D eigenvalue weighted by molar-refractivity contribution is -0.148. The lowest BCUT2D eigenvalue weighted by Crippen LogP contribution is -2.31. The second-order valence-electron chi connectivity index (χ2n) is 5.90. The van der Waals surface area contributed by atoms with Crippen molar-refractivity contribution < 1.29 is 14.3 Å². The van der Waals surface area contributed by atoms with Crippen LogP contribution in [0.15, 0.2) is 60.8 Å². The maximum Gasteiger partial charge on any atom is 0.310 e. The first-order valence-corrected chi connectivity index (χ1v) is 8.18. The van der Waals surface area contributed by atoms with E-state index in [4.69, 9.17) is 4.74 Å². The van der Waals surface area contributed by atoms with Gasteiger partial charge in [0.2, 0.25) is 0 Å². The van der Waals surface area contributed by atoms with Crippen molar-refractivity contribution in [3.63, 3.8) is 0 Å². The molecule has 0 saturated carbocycles. The molecule has 0 aliphatic rings. The minimum Gasteiger partial charge on any atom is -0.455 e. The van der Waals surface area contributed by atoms with Crippen LogP contribution in [0.4, 0.5) is 0 Å². The first-order valence-electron chi connectivity index (χ1n) is 8.18. The molecule has 0 spiro atoms. The number of carbonyl (C=O) groups is 2. The molecule has 0 radical (unpaired) electrons. The lowest BCUT2D eigenvalue weighted by Gasteiger charge is -2.14. The number of carbonyl (C=O) groups excluding carboxylic acids is 2. The van der Waals surface area contributed by atoms with E-state index in [-0.39, 0.29) is 25.0 Å². The molecule has 2 N–H and O–H groups in total. The van der Waals surface area contributed by atoms with E-state index >= 15 is 0 Å². The topological polar surface area (TPSA) is 71.2 Å². The molecular formula is C20H20N2O3. The van der Waals surface area contributed by atoms with Gasteiger partial charge in [0.15, 0.2) is 6.61 Å². The summed E-state index contributed by atoms with van der Waals surface area (Å²) in [6, 6.07) is 17.2. The van der Waals surface area contributed by atoms with E-state index in [1.165, 1.54) is 0 Å². The molecule has 2 aromatic carbocycles. The standard InChI is InChI=1S/C20H20N2O3/c1-14(15-7-3-2-4-8-15)22-19(23)13-25-20(24)11-16-12-21-18-10-6-5-9-17(16)18/h2-10,12,14,21H,11,13H2,1H3,(H,22,23)/t14-/m0/s1. The van der Waals surface area contributed by atoms with E-state index in [0.717, 1.165) is 22.0 Å². The second kappa shape index (κ2) is 7.66. The molecule has 1 atom stereocenters. The third kappa shape index (κ3) is 4.26. The van der Waals surface area contributed by atoms with Gasteiger partial charge in [-0.3, -0.25) is 9.59 Å². The fourth-order valence-corrected chi connectivity index (χ4v) is 2.74. The molecule has 128 valence electrons. The van der Waals surface area contributed by atoms with Crippen LogP contribution in [0.1, 0.15) is 24.1 Å². The predicted octanol–water partition coefficient (Wildman–Crippen LogP) is 3.13. The van der Waals surface area contributed by atoms with Crippen LogP contribution < -0.4 is 5.32 Å². The van der Waals surface area contributed by atoms with Gasteiger partial charge in [0.05, 0.1) is 12.5 Å². The molecule has 0 aliphatic heterocycles. The smallest absolute Gasteiger partial charge is 0.310 e. The van der Waals surface area contributed by atoms with Gasteiger partial charge >= 0.3 is 5.97 Å². The van der Waals surface area contributed by atoms with Gasteiger partial charge in [-0.1, -0.05) is 48.5 Å². The number of H-pyrrole nitrogens is 1. The van der Waals surface area contributed by atoms with Gasteiger partial charge in [-0.25, -0.2) is 0 Å². The Morgan fingerprint density at radius 1 is 1.08 bits per heavy atom. The zero-order valence-corrected chi connectivity index (χ0v) is 14.0. The van der Waals surface area contributed by atoms with Crippen molar-refractivity contribution in [3.05, 3.63) is 71.9 Å². The molecule has 5 nitrogen and oxygen atoms in total. The summed E-state index contributed by atoms with van der Waals surface area (Å²) in [5.74, 6) is -0.740. The van der Waals surface area contributed by atoms with E-state index in [1.54, 1.807) is 6.20 Å². The van der Waals surface area contributed by atoms with Crippen molar-refractivity contribution in [2.24, 2.45) is 0 Å². The summed E-state index contributed by atoms with van der Waals surface area (Å²) in [6.45, 7) is 1.61. The minimum atomic E-state index is -0.424. The van der Waals surface area contributed by atoms with Crippen molar-refractivity contribution in [2.45, 2.75) is 19.4 Å². The number of rotatable bonds is 6. The van der Waals surface area contributed by atoms with Crippen LogP contribution in [-0.4, -0.2) is 23.5 Å². The van der Waals surface area contributed by atoms with Crippen LogP contribution in [-0.2, 0) is 20.7 Å². The highest BCUT2D eigenvalue weighted by Crippen LogP contribution is 2.18. The van der Waals surface area contributed by atoms with Gasteiger partial charge in [-0.2, -0.15) is 0 Å². The van der Waals surface area contributed by atoms with E-state index in [9.17, 15) is 9.59 Å². The third-order valence-corrected chi connectivity index (χ3v) is 4.05. The molecule has 0 bridgehead atoms. The normalized spacial score (nSPS) is 11.9. The maximum absolute atomic E-state index is 12.0. The Labute approximate surface area is 146 Å². The summed E-state index contributed by atoms with van der Waals surface area (Å²) in [5.41, 5.74) is 2.83. The van der Waals surface area contributed by atoms with Crippen LogP contribution in [0.2, 0.25) is 0 Å². The highest BCUT2D eigenvalue weighted by Gasteiger charge is 2.13. The predicted molar refractivity (Wildman–Crippen MR) is 96.0 cm³/mol. The number of hydrogen-bond acceptors (Lipinski definition) is 3. The second-order valence-corrected chi connectivity index (χ2v) is 5.90. The summed E-state index contributed by atoms with van der Waals surface area (Å²) in [5, 5.41) is 3.81. The molecule has 0 unspecified atom stereocenters. The van der Waals surface area contributed by atoms with E-state index in [1.807, 2.05) is 61.5 Å². The Kier molecular flexibility index (Phi) is 5.14. The Hall–Kier alpha value is -3.08. The molecule has 5 heteroatoms. The fraction of sp³-hybridized carbons (Fsp3) is 0.200. The molecule has 1 aromatic heterocycles. The summed E-state index contributed by atoms with van der Waals surface area (Å²) in [6.07, 6.45) is 1.93. The number of esters is 1. The number of nitrogens with one attached hydrogen (secondary N) is 2. The van der Waals surface area contributed by atoms with Crippen molar-refractivity contribution >= 4 is 22.8 Å². The Morgan fingerprint density at radius 3 is 2.60 bits per heavy atom. The van der Waals surface area contributed by atoms with Gasteiger partial charge in [0.25, 0.3) is 5.91 Å². The molecule has 1 heterocycles. The van der Waals surface area contributed by atoms with Gasteiger partial charge in [0, 0.05) is 17.1 Å². The monoisotopic (exact) mass is 336 g/mol. The number of amides is 1. The average molecular weight is 336 g/mol. The first kappa shape index (κ1) is 16.8. The third-order valence-electron chi connectivity index (χ3n) is 4.05. The largest absolute Gasteiger partial charge is 0.455 e. The highest BCUT2D eigenvalue weighted by molar-refractivity contribution is 5.88. The molecule has 25 heavy (non-hydrogen) atoms. The number of fused-ring (bicyclic) bond motifs is 1. The Balaban J connectivity index is 1.49. The molecule has 1 amide bonds. The molecule has 0 saturated heterocycles. The first-order chi connectivity index (χ1) is 12.1. The van der Waals surface area contributed by atoms with Crippen LogP contribution in [0.25, 0.3) is 10.9 Å². The van der Waals surface area contributed by atoms with E-state index < -0.39 is 5.97 Å². The summed E-state index contributed by atoms with van der Waals surface area (Å²) >= 11 is 0. The van der Waals surface area contributed by atoms with Crippen LogP contribution in [0.5, 0.6) is 0 Å². The SMILES string of the molecule is C[C@H](NC(=O)COC(=O)Cc1c[nH]c2ccccc12)c1ccccc1. The molecule has 3 aromatic rings. The average Bonchev–Trinajstić information content (AvgIpc) is 3.04. The Morgan fingerprint density at radius 2 is 1.80 bits per heavy atom. The number of ether oxygens (including phenoxy) is 1. The molecule has 3 rings (SSSR count). The molecule has 0 fully saturated rings. The van der Waals surface area contributed by atoms with Gasteiger partial charge < -0.3 is 15.0 Å². The zero-order chi connectivity index (χ0) is 17.6. The highest BCUT2D eigenvalue weighted by atomic mass is 16.5. The van der Waals surface area contributed by atoms with Gasteiger partial charge in [-0.05, 0) is 24.1 Å². The van der Waals surface area contributed by atoms with Gasteiger partial charge in [0.1, 0.15) is 0 Å². The fourth-order valence-electron chi connectivity index (χ4n) is 2.74. The van der Waals surface area contributed by atoms with E-state index in [0.29, 0.717) is 0 Å². The van der Waals surface area contributed by atoms with Crippen molar-refractivity contribution in [1.29, 1.82) is 0 Å².